The summed E-state index contributed by atoms with van der Waals surface area (Å²) in [6, 6.07) is 3.63. The summed E-state index contributed by atoms with van der Waals surface area (Å²) in [5, 5.41) is 3.19. The van der Waals surface area contributed by atoms with Gasteiger partial charge in [-0.1, -0.05) is 12.1 Å². The van der Waals surface area contributed by atoms with E-state index in [0.717, 1.165) is 19.2 Å². The summed E-state index contributed by atoms with van der Waals surface area (Å²) < 4.78 is 51.7. The van der Waals surface area contributed by atoms with Crippen molar-refractivity contribution >= 4 is 0 Å². The number of hydrogen-bond donors (Lipinski definition) is 1. The summed E-state index contributed by atoms with van der Waals surface area (Å²) >= 11 is 0. The molecule has 0 aliphatic carbocycles. The molecule has 1 saturated heterocycles. The van der Waals surface area contributed by atoms with E-state index >= 15 is 0 Å². The summed E-state index contributed by atoms with van der Waals surface area (Å²) in [6.07, 6.45) is -4.64. The Balaban J connectivity index is 2.21. The first kappa shape index (κ1) is 14.3. The second-order valence-corrected chi connectivity index (χ2v) is 4.80. The number of rotatable bonds is 2. The van der Waals surface area contributed by atoms with E-state index in [2.05, 4.69) is 5.32 Å². The third-order valence-corrected chi connectivity index (χ3v) is 3.40. The maximum absolute atomic E-state index is 13.9. The van der Waals surface area contributed by atoms with Crippen LogP contribution in [0.4, 0.5) is 17.6 Å². The number of nitrogens with one attached hydrogen (secondary N) is 1. The molecule has 106 valence electrons. The Labute approximate surface area is 109 Å². The van der Waals surface area contributed by atoms with Gasteiger partial charge in [-0.2, -0.15) is 13.2 Å². The minimum absolute atomic E-state index is 0.101. The monoisotopic (exact) mass is 276 g/mol. The van der Waals surface area contributed by atoms with E-state index < -0.39 is 17.6 Å². The Morgan fingerprint density at radius 1 is 1.37 bits per heavy atom. The minimum Gasteiger partial charge on any atom is -0.314 e. The molecule has 19 heavy (non-hydrogen) atoms. The SMILES string of the molecule is C[C@@H]1CNCCN1Cc1cccc(C(F)(F)F)c1F. The molecule has 0 aromatic heterocycles. The van der Waals surface area contributed by atoms with Gasteiger partial charge in [-0.05, 0) is 13.0 Å². The van der Waals surface area contributed by atoms with Crippen molar-refractivity contribution in [2.75, 3.05) is 19.6 Å². The summed E-state index contributed by atoms with van der Waals surface area (Å²) in [5.41, 5.74) is -1.09. The second kappa shape index (κ2) is 5.46. The van der Waals surface area contributed by atoms with Crippen LogP contribution in [0.25, 0.3) is 0 Å². The molecule has 2 nitrogen and oxygen atoms in total. The molecular formula is C13H16F4N2. The average molecular weight is 276 g/mol. The predicted octanol–water partition coefficient (Wildman–Crippen LogP) is 2.64. The zero-order chi connectivity index (χ0) is 14.0. The van der Waals surface area contributed by atoms with E-state index in [0.29, 0.717) is 6.54 Å². The van der Waals surface area contributed by atoms with Gasteiger partial charge in [0.1, 0.15) is 5.82 Å². The minimum atomic E-state index is -4.64. The highest BCUT2D eigenvalue weighted by molar-refractivity contribution is 5.28. The predicted molar refractivity (Wildman–Crippen MR) is 64.1 cm³/mol. The van der Waals surface area contributed by atoms with Crippen molar-refractivity contribution in [1.82, 2.24) is 10.2 Å². The van der Waals surface area contributed by atoms with Crippen molar-refractivity contribution in [2.24, 2.45) is 0 Å². The van der Waals surface area contributed by atoms with Crippen LogP contribution in [0.1, 0.15) is 18.1 Å². The van der Waals surface area contributed by atoms with Gasteiger partial charge in [0.2, 0.25) is 0 Å². The van der Waals surface area contributed by atoms with Crippen molar-refractivity contribution < 1.29 is 17.6 Å². The number of halogens is 4. The molecule has 6 heteroatoms. The van der Waals surface area contributed by atoms with Crippen LogP contribution in [0.3, 0.4) is 0 Å². The van der Waals surface area contributed by atoms with Crippen LogP contribution >= 0.6 is 0 Å². The second-order valence-electron chi connectivity index (χ2n) is 4.80. The molecule has 2 rings (SSSR count). The molecule has 1 aromatic carbocycles. The standard InChI is InChI=1S/C13H16F4N2/c1-9-7-18-5-6-19(9)8-10-3-2-4-11(12(10)14)13(15,16)17/h2-4,9,18H,5-8H2,1H3/t9-/m1/s1. The Bertz CT molecular complexity index is 445. The fraction of sp³-hybridized carbons (Fsp3) is 0.538. The molecule has 0 amide bonds. The number of hydrogen-bond acceptors (Lipinski definition) is 2. The molecule has 1 heterocycles. The highest BCUT2D eigenvalue weighted by Gasteiger charge is 2.35. The molecule has 1 aromatic rings. The molecular weight excluding hydrogens is 260 g/mol. The van der Waals surface area contributed by atoms with Crippen LogP contribution in [0.15, 0.2) is 18.2 Å². The van der Waals surface area contributed by atoms with Gasteiger partial charge in [-0.15, -0.1) is 0 Å². The van der Waals surface area contributed by atoms with Gasteiger partial charge in [0.15, 0.2) is 0 Å². The number of nitrogens with zero attached hydrogens (tertiary/aromatic N) is 1. The van der Waals surface area contributed by atoms with Crippen LogP contribution in [0.5, 0.6) is 0 Å². The van der Waals surface area contributed by atoms with Crippen LogP contribution in [-0.2, 0) is 12.7 Å². The molecule has 1 aliphatic rings. The van der Waals surface area contributed by atoms with E-state index in [1.807, 2.05) is 11.8 Å². The van der Waals surface area contributed by atoms with Crippen LogP contribution in [-0.4, -0.2) is 30.6 Å². The molecule has 0 unspecified atom stereocenters. The molecule has 0 saturated carbocycles. The van der Waals surface area contributed by atoms with E-state index in [9.17, 15) is 17.6 Å². The van der Waals surface area contributed by atoms with Crippen molar-refractivity contribution in [3.05, 3.63) is 35.1 Å². The van der Waals surface area contributed by atoms with Gasteiger partial charge in [-0.25, -0.2) is 4.39 Å². The molecule has 1 N–H and O–H groups in total. The maximum Gasteiger partial charge on any atom is 0.419 e. The molecule has 0 bridgehead atoms. The van der Waals surface area contributed by atoms with E-state index in [4.69, 9.17) is 0 Å². The number of benzene rings is 1. The van der Waals surface area contributed by atoms with Crippen LogP contribution in [0, 0.1) is 5.82 Å². The Hall–Kier alpha value is -1.14. The average Bonchev–Trinajstić information content (AvgIpc) is 2.33. The molecule has 1 fully saturated rings. The smallest absolute Gasteiger partial charge is 0.314 e. The van der Waals surface area contributed by atoms with Gasteiger partial charge in [0, 0.05) is 37.8 Å². The van der Waals surface area contributed by atoms with Crippen LogP contribution in [0.2, 0.25) is 0 Å². The molecule has 1 aliphatic heterocycles. The fourth-order valence-electron chi connectivity index (χ4n) is 2.26. The van der Waals surface area contributed by atoms with Crippen molar-refractivity contribution in [2.45, 2.75) is 25.7 Å². The zero-order valence-electron chi connectivity index (χ0n) is 10.6. The zero-order valence-corrected chi connectivity index (χ0v) is 10.6. The molecule has 0 spiro atoms. The van der Waals surface area contributed by atoms with Crippen LogP contribution < -0.4 is 5.32 Å². The summed E-state index contributed by atoms with van der Waals surface area (Å²) in [5.74, 6) is -1.15. The first-order valence-electron chi connectivity index (χ1n) is 6.19. The number of piperazine rings is 1. The maximum atomic E-state index is 13.9. The normalized spacial score (nSPS) is 21.6. The van der Waals surface area contributed by atoms with E-state index in [-0.39, 0.29) is 18.2 Å². The first-order chi connectivity index (χ1) is 8.89. The summed E-state index contributed by atoms with van der Waals surface area (Å²) in [7, 11) is 0. The Morgan fingerprint density at radius 2 is 2.11 bits per heavy atom. The Kier molecular flexibility index (Phi) is 4.10. The highest BCUT2D eigenvalue weighted by atomic mass is 19.4. The van der Waals surface area contributed by atoms with Gasteiger partial charge in [0.05, 0.1) is 5.56 Å². The Morgan fingerprint density at radius 3 is 2.74 bits per heavy atom. The fourth-order valence-corrected chi connectivity index (χ4v) is 2.26. The van der Waals surface area contributed by atoms with Gasteiger partial charge in [0.25, 0.3) is 0 Å². The molecule has 1 atom stereocenters. The topological polar surface area (TPSA) is 15.3 Å². The third-order valence-electron chi connectivity index (χ3n) is 3.40. The van der Waals surface area contributed by atoms with Crippen molar-refractivity contribution in [1.29, 1.82) is 0 Å². The largest absolute Gasteiger partial charge is 0.419 e. The van der Waals surface area contributed by atoms with Crippen molar-refractivity contribution in [3.8, 4) is 0 Å². The van der Waals surface area contributed by atoms with Crippen molar-refractivity contribution in [3.63, 3.8) is 0 Å². The third kappa shape index (κ3) is 3.25. The van der Waals surface area contributed by atoms with E-state index in [1.165, 1.54) is 12.1 Å². The van der Waals surface area contributed by atoms with Gasteiger partial charge in [-0.3, -0.25) is 4.90 Å². The first-order valence-corrected chi connectivity index (χ1v) is 6.19. The lowest BCUT2D eigenvalue weighted by atomic mass is 10.1. The van der Waals surface area contributed by atoms with Gasteiger partial charge >= 0.3 is 6.18 Å². The highest BCUT2D eigenvalue weighted by Crippen LogP contribution is 2.32. The van der Waals surface area contributed by atoms with E-state index in [1.54, 1.807) is 0 Å². The summed E-state index contributed by atoms with van der Waals surface area (Å²) in [4.78, 5) is 1.98. The lowest BCUT2D eigenvalue weighted by Crippen LogP contribution is -2.49. The summed E-state index contributed by atoms with van der Waals surface area (Å²) in [6.45, 7) is 4.42. The molecule has 0 radical (unpaired) electrons. The lowest BCUT2D eigenvalue weighted by molar-refractivity contribution is -0.140. The lowest BCUT2D eigenvalue weighted by Gasteiger charge is -2.34. The number of alkyl halides is 3. The quantitative estimate of drug-likeness (QED) is 0.835. The van der Waals surface area contributed by atoms with Gasteiger partial charge < -0.3 is 5.32 Å².